The number of nitrogens with zero attached hydrogens (tertiary/aromatic N) is 4. The molecule has 1 N–H and O–H groups in total. The second-order valence-corrected chi connectivity index (χ2v) is 8.95. The number of hydrogen-bond donors (Lipinski definition) is 1. The Morgan fingerprint density at radius 1 is 1.20 bits per heavy atom. The molecule has 1 amide bonds. The predicted octanol–water partition coefficient (Wildman–Crippen LogP) is 2.81. The molecule has 0 bridgehead atoms. The van der Waals surface area contributed by atoms with Crippen LogP contribution in [0, 0.1) is 0 Å². The highest BCUT2D eigenvalue weighted by Crippen LogP contribution is 2.26. The SMILES string of the molecule is C[C@H](CC(=O)N1CCC(O)(Cn2cnn3c(Br)ccc3c2=O)CC1)c1ccccc1. The first-order valence-electron chi connectivity index (χ1n) is 10.1. The summed E-state index contributed by atoms with van der Waals surface area (Å²) in [5, 5.41) is 15.3. The second kappa shape index (κ2) is 8.35. The first-order valence-corrected chi connectivity index (χ1v) is 10.9. The Kier molecular flexibility index (Phi) is 5.79. The number of halogens is 1. The highest BCUT2D eigenvalue weighted by atomic mass is 79.9. The van der Waals surface area contributed by atoms with Crippen LogP contribution < -0.4 is 5.56 Å². The van der Waals surface area contributed by atoms with Crippen LogP contribution in [0.4, 0.5) is 0 Å². The molecule has 3 heterocycles. The van der Waals surface area contributed by atoms with Crippen molar-refractivity contribution >= 4 is 27.4 Å². The van der Waals surface area contributed by atoms with E-state index in [2.05, 4.69) is 28.0 Å². The molecule has 3 aromatic rings. The molecule has 158 valence electrons. The maximum atomic E-state index is 12.7. The summed E-state index contributed by atoms with van der Waals surface area (Å²) in [4.78, 5) is 27.2. The van der Waals surface area contributed by atoms with Crippen molar-refractivity contribution in [2.75, 3.05) is 13.1 Å². The maximum absolute atomic E-state index is 12.7. The molecule has 0 aliphatic carbocycles. The minimum Gasteiger partial charge on any atom is -0.388 e. The summed E-state index contributed by atoms with van der Waals surface area (Å²) < 4.78 is 3.69. The average Bonchev–Trinajstić information content (AvgIpc) is 3.12. The third kappa shape index (κ3) is 4.20. The molecule has 30 heavy (non-hydrogen) atoms. The second-order valence-electron chi connectivity index (χ2n) is 8.14. The van der Waals surface area contributed by atoms with Crippen LogP contribution in [-0.4, -0.2) is 48.8 Å². The summed E-state index contributed by atoms with van der Waals surface area (Å²) in [5.41, 5.74) is 0.378. The molecule has 1 fully saturated rings. The van der Waals surface area contributed by atoms with Gasteiger partial charge in [0, 0.05) is 19.5 Å². The molecule has 8 heteroatoms. The van der Waals surface area contributed by atoms with Gasteiger partial charge in [-0.1, -0.05) is 37.3 Å². The number of hydrogen-bond acceptors (Lipinski definition) is 4. The van der Waals surface area contributed by atoms with Gasteiger partial charge in [-0.15, -0.1) is 0 Å². The Morgan fingerprint density at radius 3 is 2.60 bits per heavy atom. The molecule has 1 aliphatic rings. The van der Waals surface area contributed by atoms with E-state index in [-0.39, 0.29) is 23.9 Å². The van der Waals surface area contributed by atoms with E-state index in [0.717, 1.165) is 5.56 Å². The number of piperidine rings is 1. The number of carbonyl (C=O) groups is 1. The van der Waals surface area contributed by atoms with Gasteiger partial charge in [-0.05, 0) is 52.4 Å². The molecule has 1 saturated heterocycles. The summed E-state index contributed by atoms with van der Waals surface area (Å²) in [6.45, 7) is 3.19. The molecule has 1 aromatic carbocycles. The lowest BCUT2D eigenvalue weighted by atomic mass is 9.90. The minimum absolute atomic E-state index is 0.103. The highest BCUT2D eigenvalue weighted by Gasteiger charge is 2.35. The van der Waals surface area contributed by atoms with E-state index in [4.69, 9.17) is 0 Å². The topological polar surface area (TPSA) is 79.8 Å². The monoisotopic (exact) mass is 472 g/mol. The van der Waals surface area contributed by atoms with Crippen molar-refractivity contribution in [2.45, 2.75) is 44.2 Å². The van der Waals surface area contributed by atoms with Gasteiger partial charge in [0.25, 0.3) is 5.56 Å². The standard InChI is InChI=1S/C22H25BrN4O3/c1-16(17-5-3-2-4-6-17)13-20(28)25-11-9-22(30,10-12-25)14-26-15-24-27-18(21(26)29)7-8-19(27)23/h2-8,15-16,30H,9-14H2,1H3/t16-/m1/s1. The van der Waals surface area contributed by atoms with Crippen LogP contribution >= 0.6 is 15.9 Å². The van der Waals surface area contributed by atoms with Gasteiger partial charge in [0.1, 0.15) is 16.4 Å². The zero-order valence-electron chi connectivity index (χ0n) is 16.9. The van der Waals surface area contributed by atoms with Crippen LogP contribution in [0.1, 0.15) is 37.7 Å². The Hall–Kier alpha value is -2.45. The molecular formula is C22H25BrN4O3. The number of likely N-dealkylation sites (tertiary alicyclic amines) is 1. The fourth-order valence-corrected chi connectivity index (χ4v) is 4.46. The maximum Gasteiger partial charge on any atom is 0.277 e. The van der Waals surface area contributed by atoms with Crippen LogP contribution in [0.25, 0.3) is 5.52 Å². The van der Waals surface area contributed by atoms with Crippen molar-refractivity contribution in [2.24, 2.45) is 0 Å². The first-order chi connectivity index (χ1) is 14.4. The van der Waals surface area contributed by atoms with E-state index < -0.39 is 5.60 Å². The fourth-order valence-electron chi connectivity index (χ4n) is 4.05. The summed E-state index contributed by atoms with van der Waals surface area (Å²) in [6.07, 6.45) is 2.77. The van der Waals surface area contributed by atoms with Gasteiger partial charge in [-0.3, -0.25) is 14.2 Å². The lowest BCUT2D eigenvalue weighted by Gasteiger charge is -2.38. The normalized spacial score (nSPS) is 17.2. The smallest absolute Gasteiger partial charge is 0.277 e. The van der Waals surface area contributed by atoms with Gasteiger partial charge < -0.3 is 10.0 Å². The number of rotatable bonds is 5. The van der Waals surface area contributed by atoms with Crippen LogP contribution in [0.5, 0.6) is 0 Å². The zero-order chi connectivity index (χ0) is 21.3. The van der Waals surface area contributed by atoms with Gasteiger partial charge in [0.2, 0.25) is 5.91 Å². The molecule has 0 unspecified atom stereocenters. The third-order valence-corrected chi connectivity index (χ3v) is 6.56. The van der Waals surface area contributed by atoms with Crippen LogP contribution in [0.15, 0.2) is 58.2 Å². The van der Waals surface area contributed by atoms with E-state index in [1.807, 2.05) is 35.2 Å². The highest BCUT2D eigenvalue weighted by molar-refractivity contribution is 9.10. The summed E-state index contributed by atoms with van der Waals surface area (Å²) >= 11 is 3.35. The molecule has 0 spiro atoms. The number of benzene rings is 1. The van der Waals surface area contributed by atoms with Crippen LogP contribution in [0.2, 0.25) is 0 Å². The first kappa shape index (κ1) is 20.8. The van der Waals surface area contributed by atoms with Crippen LogP contribution in [0.3, 0.4) is 0 Å². The Morgan fingerprint density at radius 2 is 1.90 bits per heavy atom. The van der Waals surface area contributed by atoms with E-state index >= 15 is 0 Å². The largest absolute Gasteiger partial charge is 0.388 e. The summed E-state index contributed by atoms with van der Waals surface area (Å²) in [5.74, 6) is 0.254. The lowest BCUT2D eigenvalue weighted by Crippen LogP contribution is -2.49. The fraction of sp³-hybridized carbons (Fsp3) is 0.409. The van der Waals surface area contributed by atoms with E-state index in [0.29, 0.717) is 42.5 Å². The van der Waals surface area contributed by atoms with Crippen molar-refractivity contribution < 1.29 is 9.90 Å². The van der Waals surface area contributed by atoms with Gasteiger partial charge in [0.15, 0.2) is 0 Å². The van der Waals surface area contributed by atoms with E-state index in [9.17, 15) is 14.7 Å². The molecule has 0 radical (unpaired) electrons. The van der Waals surface area contributed by atoms with Gasteiger partial charge >= 0.3 is 0 Å². The number of carbonyl (C=O) groups excluding carboxylic acids is 1. The summed E-state index contributed by atoms with van der Waals surface area (Å²) in [7, 11) is 0. The van der Waals surface area contributed by atoms with Gasteiger partial charge in [0.05, 0.1) is 12.1 Å². The third-order valence-electron chi connectivity index (χ3n) is 5.96. The van der Waals surface area contributed by atoms with Crippen molar-refractivity contribution in [3.63, 3.8) is 0 Å². The number of fused-ring (bicyclic) bond motifs is 1. The van der Waals surface area contributed by atoms with E-state index in [1.165, 1.54) is 15.4 Å². The number of aliphatic hydroxyl groups is 1. The van der Waals surface area contributed by atoms with Crippen molar-refractivity contribution in [3.05, 3.63) is 69.3 Å². The van der Waals surface area contributed by atoms with E-state index in [1.54, 1.807) is 12.1 Å². The lowest BCUT2D eigenvalue weighted by molar-refractivity contribution is -0.136. The minimum atomic E-state index is -1.03. The predicted molar refractivity (Wildman–Crippen MR) is 117 cm³/mol. The van der Waals surface area contributed by atoms with Gasteiger partial charge in [-0.2, -0.15) is 5.10 Å². The van der Waals surface area contributed by atoms with Crippen molar-refractivity contribution in [3.8, 4) is 0 Å². The summed E-state index contributed by atoms with van der Waals surface area (Å²) in [6, 6.07) is 13.5. The molecule has 4 rings (SSSR count). The number of aromatic nitrogens is 3. The van der Waals surface area contributed by atoms with Gasteiger partial charge in [-0.25, -0.2) is 4.52 Å². The van der Waals surface area contributed by atoms with Crippen molar-refractivity contribution in [1.82, 2.24) is 19.1 Å². The molecular weight excluding hydrogens is 448 g/mol. The van der Waals surface area contributed by atoms with Crippen LogP contribution in [-0.2, 0) is 11.3 Å². The Labute approximate surface area is 183 Å². The molecule has 1 atom stereocenters. The number of amides is 1. The molecule has 0 saturated carbocycles. The average molecular weight is 473 g/mol. The van der Waals surface area contributed by atoms with Crippen molar-refractivity contribution in [1.29, 1.82) is 0 Å². The zero-order valence-corrected chi connectivity index (χ0v) is 18.5. The Balaban J connectivity index is 1.38. The Bertz CT molecular complexity index is 1100. The molecule has 1 aliphatic heterocycles. The molecule has 2 aromatic heterocycles. The molecule has 7 nitrogen and oxygen atoms in total. The quantitative estimate of drug-likeness (QED) is 0.618.